The highest BCUT2D eigenvalue weighted by molar-refractivity contribution is 7.18. The van der Waals surface area contributed by atoms with Gasteiger partial charge < -0.3 is 15.4 Å². The number of amides is 2. The molecule has 0 unspecified atom stereocenters. The predicted octanol–water partition coefficient (Wildman–Crippen LogP) is 4.81. The van der Waals surface area contributed by atoms with Crippen molar-refractivity contribution in [1.29, 1.82) is 0 Å². The molecular formula is C21H23ClN2O4S. The van der Waals surface area contributed by atoms with Gasteiger partial charge in [-0.25, -0.2) is 4.79 Å². The van der Waals surface area contributed by atoms with Crippen molar-refractivity contribution >= 4 is 45.7 Å². The van der Waals surface area contributed by atoms with Gasteiger partial charge in [0.2, 0.25) is 0 Å². The van der Waals surface area contributed by atoms with Crippen LogP contribution >= 0.6 is 22.9 Å². The monoisotopic (exact) mass is 434 g/mol. The van der Waals surface area contributed by atoms with Gasteiger partial charge in [0, 0.05) is 16.6 Å². The molecule has 0 aliphatic heterocycles. The molecule has 154 valence electrons. The van der Waals surface area contributed by atoms with Gasteiger partial charge in [0.15, 0.2) is 0 Å². The number of carbonyl (C=O) groups excluding carboxylic acids is 3. The zero-order chi connectivity index (χ0) is 21.0. The summed E-state index contributed by atoms with van der Waals surface area (Å²) in [7, 11) is 1.27. The first-order valence-corrected chi connectivity index (χ1v) is 10.7. The van der Waals surface area contributed by atoms with Gasteiger partial charge in [0.05, 0.1) is 17.6 Å². The van der Waals surface area contributed by atoms with Crippen molar-refractivity contribution in [3.05, 3.63) is 50.9 Å². The SMILES string of the molecule is COC(=O)c1c(NC(=O)c2ccc(Cl)cc2)sc(C(=O)NC2CCCCC2)c1C. The van der Waals surface area contributed by atoms with E-state index in [0.29, 0.717) is 26.0 Å². The van der Waals surface area contributed by atoms with Crippen LogP contribution in [0.15, 0.2) is 24.3 Å². The Morgan fingerprint density at radius 1 is 1.07 bits per heavy atom. The zero-order valence-electron chi connectivity index (χ0n) is 16.3. The van der Waals surface area contributed by atoms with E-state index in [1.54, 1.807) is 31.2 Å². The number of methoxy groups -OCH3 is 1. The van der Waals surface area contributed by atoms with E-state index in [0.717, 1.165) is 37.0 Å². The van der Waals surface area contributed by atoms with Crippen LogP contribution in [-0.2, 0) is 4.74 Å². The molecule has 1 heterocycles. The number of anilines is 1. The minimum Gasteiger partial charge on any atom is -0.465 e. The lowest BCUT2D eigenvalue weighted by Gasteiger charge is -2.22. The van der Waals surface area contributed by atoms with E-state index in [9.17, 15) is 14.4 Å². The molecular weight excluding hydrogens is 412 g/mol. The lowest BCUT2D eigenvalue weighted by atomic mass is 9.95. The normalized spacial score (nSPS) is 14.3. The molecule has 0 saturated heterocycles. The molecule has 1 aromatic carbocycles. The maximum absolute atomic E-state index is 12.8. The number of ether oxygens (including phenoxy) is 1. The summed E-state index contributed by atoms with van der Waals surface area (Å²) in [6, 6.07) is 6.55. The average Bonchev–Trinajstić information content (AvgIpc) is 3.04. The standard InChI is InChI=1S/C21H23ClN2O4S/c1-12-16(21(27)28-2)20(24-18(25)13-8-10-14(22)11-9-13)29-17(12)19(26)23-15-6-4-3-5-7-15/h8-11,15H,3-7H2,1-2H3,(H,23,26)(H,24,25). The first-order chi connectivity index (χ1) is 13.9. The molecule has 1 aliphatic carbocycles. The van der Waals surface area contributed by atoms with Crippen molar-refractivity contribution in [3.63, 3.8) is 0 Å². The molecule has 8 heteroatoms. The first-order valence-electron chi connectivity index (χ1n) is 9.50. The van der Waals surface area contributed by atoms with Crippen LogP contribution < -0.4 is 10.6 Å². The van der Waals surface area contributed by atoms with Gasteiger partial charge in [-0.15, -0.1) is 11.3 Å². The minimum absolute atomic E-state index is 0.145. The van der Waals surface area contributed by atoms with Crippen LogP contribution in [0.1, 0.15) is 68.1 Å². The summed E-state index contributed by atoms with van der Waals surface area (Å²) >= 11 is 6.95. The minimum atomic E-state index is -0.595. The number of hydrogen-bond donors (Lipinski definition) is 2. The van der Waals surface area contributed by atoms with Gasteiger partial charge in [-0.2, -0.15) is 0 Å². The number of halogens is 1. The van der Waals surface area contributed by atoms with E-state index in [4.69, 9.17) is 16.3 Å². The van der Waals surface area contributed by atoms with Crippen molar-refractivity contribution in [3.8, 4) is 0 Å². The van der Waals surface area contributed by atoms with Gasteiger partial charge in [-0.05, 0) is 49.6 Å². The number of hydrogen-bond acceptors (Lipinski definition) is 5. The Morgan fingerprint density at radius 3 is 2.34 bits per heavy atom. The Bertz CT molecular complexity index is 918. The zero-order valence-corrected chi connectivity index (χ0v) is 17.9. The maximum atomic E-state index is 12.8. The third kappa shape index (κ3) is 4.97. The average molecular weight is 435 g/mol. The van der Waals surface area contributed by atoms with Crippen molar-refractivity contribution in [2.75, 3.05) is 12.4 Å². The topological polar surface area (TPSA) is 84.5 Å². The Balaban J connectivity index is 1.86. The number of nitrogens with one attached hydrogen (secondary N) is 2. The second kappa shape index (κ2) is 9.41. The fourth-order valence-corrected chi connectivity index (χ4v) is 4.66. The van der Waals surface area contributed by atoms with Crippen molar-refractivity contribution in [1.82, 2.24) is 5.32 Å². The molecule has 2 amide bonds. The molecule has 3 rings (SSSR count). The highest BCUT2D eigenvalue weighted by Gasteiger charge is 2.27. The molecule has 0 bridgehead atoms. The van der Waals surface area contributed by atoms with Crippen molar-refractivity contribution in [2.45, 2.75) is 45.1 Å². The number of carbonyl (C=O) groups is 3. The van der Waals surface area contributed by atoms with Gasteiger partial charge in [0.25, 0.3) is 11.8 Å². The highest BCUT2D eigenvalue weighted by atomic mass is 35.5. The molecule has 1 aromatic heterocycles. The van der Waals surface area contributed by atoms with E-state index in [2.05, 4.69) is 10.6 Å². The predicted molar refractivity (Wildman–Crippen MR) is 114 cm³/mol. The smallest absolute Gasteiger partial charge is 0.341 e. The third-order valence-electron chi connectivity index (χ3n) is 5.02. The second-order valence-corrected chi connectivity index (χ2v) is 8.48. The van der Waals surface area contributed by atoms with Crippen LogP contribution in [0.2, 0.25) is 5.02 Å². The van der Waals surface area contributed by atoms with Gasteiger partial charge in [-0.1, -0.05) is 30.9 Å². The van der Waals surface area contributed by atoms with Crippen molar-refractivity contribution < 1.29 is 19.1 Å². The summed E-state index contributed by atoms with van der Waals surface area (Å²) in [6.45, 7) is 1.69. The molecule has 1 aliphatic rings. The van der Waals surface area contributed by atoms with E-state index >= 15 is 0 Å². The largest absolute Gasteiger partial charge is 0.465 e. The van der Waals surface area contributed by atoms with E-state index in [1.165, 1.54) is 13.5 Å². The number of esters is 1. The van der Waals surface area contributed by atoms with E-state index < -0.39 is 11.9 Å². The molecule has 1 saturated carbocycles. The second-order valence-electron chi connectivity index (χ2n) is 7.02. The summed E-state index contributed by atoms with van der Waals surface area (Å²) in [6.07, 6.45) is 5.31. The Kier molecular flexibility index (Phi) is 6.92. The summed E-state index contributed by atoms with van der Waals surface area (Å²) in [5, 5.41) is 6.61. The van der Waals surface area contributed by atoms with Gasteiger partial charge in [-0.3, -0.25) is 9.59 Å². The molecule has 0 atom stereocenters. The summed E-state index contributed by atoms with van der Waals surface area (Å²) in [5.74, 6) is -1.22. The Morgan fingerprint density at radius 2 is 1.72 bits per heavy atom. The quantitative estimate of drug-likeness (QED) is 0.661. The van der Waals surface area contributed by atoms with Crippen molar-refractivity contribution in [2.24, 2.45) is 0 Å². The number of rotatable bonds is 5. The fraction of sp³-hybridized carbons (Fsp3) is 0.381. The number of benzene rings is 1. The van der Waals surface area contributed by atoms with E-state index in [-0.39, 0.29) is 17.5 Å². The molecule has 1 fully saturated rings. The van der Waals surface area contributed by atoms with Crippen LogP contribution in [0.4, 0.5) is 5.00 Å². The molecule has 0 spiro atoms. The maximum Gasteiger partial charge on any atom is 0.341 e. The van der Waals surface area contributed by atoms with Crippen LogP contribution in [0.25, 0.3) is 0 Å². The molecule has 6 nitrogen and oxygen atoms in total. The highest BCUT2D eigenvalue weighted by Crippen LogP contribution is 2.34. The molecule has 2 N–H and O–H groups in total. The molecule has 29 heavy (non-hydrogen) atoms. The summed E-state index contributed by atoms with van der Waals surface area (Å²) in [5.41, 5.74) is 1.10. The Hall–Kier alpha value is -2.38. The number of thiophene rings is 1. The fourth-order valence-electron chi connectivity index (χ4n) is 3.44. The lowest BCUT2D eigenvalue weighted by molar-refractivity contribution is 0.0601. The Labute approximate surface area is 178 Å². The van der Waals surface area contributed by atoms with Crippen LogP contribution in [0.5, 0.6) is 0 Å². The molecule has 2 aromatic rings. The van der Waals surface area contributed by atoms with Crippen LogP contribution in [-0.4, -0.2) is 30.9 Å². The van der Waals surface area contributed by atoms with Gasteiger partial charge >= 0.3 is 5.97 Å². The van der Waals surface area contributed by atoms with Crippen LogP contribution in [0.3, 0.4) is 0 Å². The van der Waals surface area contributed by atoms with Gasteiger partial charge in [0.1, 0.15) is 5.00 Å². The lowest BCUT2D eigenvalue weighted by Crippen LogP contribution is -2.36. The molecule has 0 radical (unpaired) electrons. The van der Waals surface area contributed by atoms with Crippen LogP contribution in [0, 0.1) is 6.92 Å². The first kappa shape index (κ1) is 21.3. The third-order valence-corrected chi connectivity index (χ3v) is 6.47. The summed E-state index contributed by atoms with van der Waals surface area (Å²) < 4.78 is 4.87. The summed E-state index contributed by atoms with van der Waals surface area (Å²) in [4.78, 5) is 38.2. The van der Waals surface area contributed by atoms with E-state index in [1.807, 2.05) is 0 Å².